The maximum atomic E-state index is 11.2. The van der Waals surface area contributed by atoms with E-state index in [4.69, 9.17) is 0 Å². The van der Waals surface area contributed by atoms with Gasteiger partial charge in [0.05, 0.1) is 18.5 Å². The van der Waals surface area contributed by atoms with E-state index in [0.29, 0.717) is 10.9 Å². The predicted octanol–water partition coefficient (Wildman–Crippen LogP) is 2.51. The zero-order valence-corrected chi connectivity index (χ0v) is 11.1. The van der Waals surface area contributed by atoms with Crippen LogP contribution in [0.15, 0.2) is 12.1 Å². The molecule has 5 nitrogen and oxygen atoms in total. The molecule has 0 bridgehead atoms. The summed E-state index contributed by atoms with van der Waals surface area (Å²) in [4.78, 5) is 21.5. The molecule has 0 aliphatic carbocycles. The van der Waals surface area contributed by atoms with Crippen LogP contribution in [0.4, 0.5) is 5.69 Å². The number of nitro benzene ring substituents is 1. The second-order valence-electron chi connectivity index (χ2n) is 3.53. The van der Waals surface area contributed by atoms with Crippen molar-refractivity contribution >= 4 is 27.6 Å². The van der Waals surface area contributed by atoms with Gasteiger partial charge in [0.15, 0.2) is 0 Å². The number of hydrogen-bond acceptors (Lipinski definition) is 4. The fraction of sp³-hybridized carbons (Fsp3) is 0.364. The molecule has 0 fully saturated rings. The molecule has 0 saturated carbocycles. The lowest BCUT2D eigenvalue weighted by atomic mass is 10.00. The van der Waals surface area contributed by atoms with Crippen LogP contribution in [0.5, 0.6) is 0 Å². The van der Waals surface area contributed by atoms with Gasteiger partial charge in [0.25, 0.3) is 5.69 Å². The van der Waals surface area contributed by atoms with Gasteiger partial charge in [-0.1, -0.05) is 15.9 Å². The standard InChI is InChI=1S/C11H12BrNO4/c1-7-8(5-11(14)17-2)3-10(13(15)16)4-9(7)6-12/h3-4H,5-6H2,1-2H3. The van der Waals surface area contributed by atoms with Crippen molar-refractivity contribution < 1.29 is 14.5 Å². The molecule has 1 aromatic rings. The highest BCUT2D eigenvalue weighted by molar-refractivity contribution is 9.08. The Balaban J connectivity index is 3.22. The van der Waals surface area contributed by atoms with Crippen molar-refractivity contribution in [2.75, 3.05) is 7.11 Å². The van der Waals surface area contributed by atoms with Crippen LogP contribution in [0.2, 0.25) is 0 Å². The SMILES string of the molecule is COC(=O)Cc1cc([N+](=O)[O-])cc(CBr)c1C. The number of ether oxygens (including phenoxy) is 1. The molecule has 0 aromatic heterocycles. The minimum absolute atomic E-state index is 0.0102. The Bertz CT molecular complexity index is 459. The van der Waals surface area contributed by atoms with Gasteiger partial charge in [-0.15, -0.1) is 0 Å². The lowest BCUT2D eigenvalue weighted by Gasteiger charge is -2.09. The Morgan fingerprint density at radius 3 is 2.53 bits per heavy atom. The molecule has 0 heterocycles. The van der Waals surface area contributed by atoms with Gasteiger partial charge in [0.2, 0.25) is 0 Å². The molecule has 0 saturated heterocycles. The minimum Gasteiger partial charge on any atom is -0.469 e. The van der Waals surface area contributed by atoms with Crippen molar-refractivity contribution in [1.29, 1.82) is 0 Å². The molecule has 1 rings (SSSR count). The second-order valence-corrected chi connectivity index (χ2v) is 4.09. The van der Waals surface area contributed by atoms with E-state index in [-0.39, 0.29) is 12.1 Å². The third-order valence-corrected chi connectivity index (χ3v) is 3.13. The number of halogens is 1. The highest BCUT2D eigenvalue weighted by Crippen LogP contribution is 2.24. The van der Waals surface area contributed by atoms with E-state index in [1.54, 1.807) is 0 Å². The fourth-order valence-electron chi connectivity index (χ4n) is 1.48. The van der Waals surface area contributed by atoms with Crippen molar-refractivity contribution in [1.82, 2.24) is 0 Å². The Hall–Kier alpha value is -1.43. The van der Waals surface area contributed by atoms with Gasteiger partial charge in [-0.2, -0.15) is 0 Å². The number of benzene rings is 1. The Morgan fingerprint density at radius 1 is 1.47 bits per heavy atom. The first-order valence-electron chi connectivity index (χ1n) is 4.89. The molecule has 0 amide bonds. The monoisotopic (exact) mass is 301 g/mol. The first-order chi connectivity index (χ1) is 7.99. The summed E-state index contributed by atoms with van der Waals surface area (Å²) in [5.74, 6) is -0.408. The average Bonchev–Trinajstić information content (AvgIpc) is 2.31. The van der Waals surface area contributed by atoms with Gasteiger partial charge < -0.3 is 4.74 Å². The highest BCUT2D eigenvalue weighted by Gasteiger charge is 2.15. The maximum Gasteiger partial charge on any atom is 0.309 e. The van der Waals surface area contributed by atoms with Crippen LogP contribution in [-0.2, 0) is 21.3 Å². The Labute approximate surface area is 107 Å². The van der Waals surface area contributed by atoms with Crippen LogP contribution in [0.3, 0.4) is 0 Å². The number of rotatable bonds is 4. The van der Waals surface area contributed by atoms with E-state index in [1.165, 1.54) is 19.2 Å². The fourth-order valence-corrected chi connectivity index (χ4v) is 2.06. The molecule has 0 aliphatic heterocycles. The molecule has 0 spiro atoms. The molecule has 0 radical (unpaired) electrons. The van der Waals surface area contributed by atoms with E-state index >= 15 is 0 Å². The molecule has 1 aromatic carbocycles. The number of carbonyl (C=O) groups is 1. The summed E-state index contributed by atoms with van der Waals surface area (Å²) in [5, 5.41) is 11.3. The third-order valence-electron chi connectivity index (χ3n) is 2.52. The number of methoxy groups -OCH3 is 1. The largest absolute Gasteiger partial charge is 0.469 e. The lowest BCUT2D eigenvalue weighted by Crippen LogP contribution is -2.07. The molecule has 0 N–H and O–H groups in total. The van der Waals surface area contributed by atoms with E-state index < -0.39 is 10.9 Å². The smallest absolute Gasteiger partial charge is 0.309 e. The van der Waals surface area contributed by atoms with Gasteiger partial charge in [-0.05, 0) is 23.6 Å². The van der Waals surface area contributed by atoms with Crippen molar-refractivity contribution in [2.24, 2.45) is 0 Å². The number of nitrogens with zero attached hydrogens (tertiary/aromatic N) is 1. The van der Waals surface area contributed by atoms with E-state index in [1.807, 2.05) is 6.92 Å². The van der Waals surface area contributed by atoms with Crippen LogP contribution in [0.25, 0.3) is 0 Å². The second kappa shape index (κ2) is 5.77. The normalized spacial score (nSPS) is 10.1. The van der Waals surface area contributed by atoms with Gasteiger partial charge >= 0.3 is 5.97 Å². The van der Waals surface area contributed by atoms with Crippen molar-refractivity contribution in [3.63, 3.8) is 0 Å². The van der Waals surface area contributed by atoms with Crippen molar-refractivity contribution in [3.05, 3.63) is 38.9 Å². The van der Waals surface area contributed by atoms with Crippen LogP contribution in [-0.4, -0.2) is 18.0 Å². The Morgan fingerprint density at radius 2 is 2.06 bits per heavy atom. The van der Waals surface area contributed by atoms with Gasteiger partial charge in [-0.25, -0.2) is 0 Å². The summed E-state index contributed by atoms with van der Waals surface area (Å²) in [5.41, 5.74) is 2.29. The molecule has 17 heavy (non-hydrogen) atoms. The quantitative estimate of drug-likeness (QED) is 0.371. The molecule has 0 aliphatic rings. The number of hydrogen-bond donors (Lipinski definition) is 0. The number of alkyl halides is 1. The number of non-ortho nitro benzene ring substituents is 1. The van der Waals surface area contributed by atoms with Gasteiger partial charge in [0, 0.05) is 17.5 Å². The maximum absolute atomic E-state index is 11.2. The summed E-state index contributed by atoms with van der Waals surface area (Å²) in [6.07, 6.45) is 0.0456. The first kappa shape index (κ1) is 13.6. The minimum atomic E-state index is -0.466. The van der Waals surface area contributed by atoms with Gasteiger partial charge in [-0.3, -0.25) is 14.9 Å². The van der Waals surface area contributed by atoms with E-state index in [9.17, 15) is 14.9 Å². The molecule has 92 valence electrons. The Kier molecular flexibility index (Phi) is 4.62. The first-order valence-corrected chi connectivity index (χ1v) is 6.01. The zero-order chi connectivity index (χ0) is 13.0. The molecule has 6 heteroatoms. The molecular formula is C11H12BrNO4. The number of nitro groups is 1. The summed E-state index contributed by atoms with van der Waals surface area (Å²) in [6.45, 7) is 1.83. The molecular weight excluding hydrogens is 290 g/mol. The number of esters is 1. The van der Waals surface area contributed by atoms with E-state index in [0.717, 1.165) is 11.1 Å². The van der Waals surface area contributed by atoms with E-state index in [2.05, 4.69) is 20.7 Å². The summed E-state index contributed by atoms with van der Waals surface area (Å²) in [6, 6.07) is 2.92. The van der Waals surface area contributed by atoms with Crippen LogP contribution in [0, 0.1) is 17.0 Å². The lowest BCUT2D eigenvalue weighted by molar-refractivity contribution is -0.385. The van der Waals surface area contributed by atoms with Crippen molar-refractivity contribution in [3.8, 4) is 0 Å². The summed E-state index contributed by atoms with van der Waals surface area (Å²) >= 11 is 3.27. The summed E-state index contributed by atoms with van der Waals surface area (Å²) < 4.78 is 4.56. The zero-order valence-electron chi connectivity index (χ0n) is 9.53. The highest BCUT2D eigenvalue weighted by atomic mass is 79.9. The van der Waals surface area contributed by atoms with Crippen LogP contribution >= 0.6 is 15.9 Å². The molecule has 0 atom stereocenters. The van der Waals surface area contributed by atoms with Gasteiger partial charge in [0.1, 0.15) is 0 Å². The van der Waals surface area contributed by atoms with Crippen LogP contribution in [0.1, 0.15) is 16.7 Å². The average molecular weight is 302 g/mol. The molecule has 0 unspecified atom stereocenters. The van der Waals surface area contributed by atoms with Crippen molar-refractivity contribution in [2.45, 2.75) is 18.7 Å². The third kappa shape index (κ3) is 3.26. The van der Waals surface area contributed by atoms with Crippen LogP contribution < -0.4 is 0 Å². The predicted molar refractivity (Wildman–Crippen MR) is 66.2 cm³/mol. The number of carbonyl (C=O) groups excluding carboxylic acids is 1. The summed E-state index contributed by atoms with van der Waals surface area (Å²) in [7, 11) is 1.29. The topological polar surface area (TPSA) is 69.4 Å².